The second-order valence-electron chi connectivity index (χ2n) is 7.54. The first-order valence-corrected chi connectivity index (χ1v) is 9.70. The SMILES string of the molecule is CC(C)CC(N)C(=O)NC(CO)C(=O)NC(CCC(=O)O)C(=O)NC(C(=O)O)C(C)O. The largest absolute Gasteiger partial charge is 0.481 e. The van der Waals surface area contributed by atoms with Gasteiger partial charge in [0.1, 0.15) is 12.1 Å². The third-order valence-corrected chi connectivity index (χ3v) is 4.20. The molecule has 0 aliphatic rings. The Balaban J connectivity index is 5.31. The van der Waals surface area contributed by atoms with E-state index in [2.05, 4.69) is 10.6 Å². The van der Waals surface area contributed by atoms with Gasteiger partial charge in [-0.15, -0.1) is 0 Å². The minimum absolute atomic E-state index is 0.0994. The van der Waals surface area contributed by atoms with Crippen molar-refractivity contribution in [2.45, 2.75) is 70.3 Å². The van der Waals surface area contributed by atoms with Gasteiger partial charge in [-0.25, -0.2) is 4.79 Å². The molecule has 0 aliphatic heterocycles. The number of nitrogens with one attached hydrogen (secondary N) is 3. The molecule has 5 atom stereocenters. The molecule has 13 heteroatoms. The highest BCUT2D eigenvalue weighted by Crippen LogP contribution is 2.04. The van der Waals surface area contributed by atoms with Crippen molar-refractivity contribution in [3.05, 3.63) is 0 Å². The fraction of sp³-hybridized carbons (Fsp3) is 0.722. The summed E-state index contributed by atoms with van der Waals surface area (Å²) < 4.78 is 0. The third kappa shape index (κ3) is 10.7. The lowest BCUT2D eigenvalue weighted by Gasteiger charge is -2.25. The highest BCUT2D eigenvalue weighted by Gasteiger charge is 2.32. The summed E-state index contributed by atoms with van der Waals surface area (Å²) in [5.74, 6) is -5.46. The van der Waals surface area contributed by atoms with Gasteiger partial charge in [0, 0.05) is 6.42 Å². The maximum Gasteiger partial charge on any atom is 0.328 e. The fourth-order valence-electron chi connectivity index (χ4n) is 2.54. The molecule has 0 rings (SSSR count). The van der Waals surface area contributed by atoms with E-state index < -0.39 is 79.4 Å². The number of carboxylic acids is 2. The molecule has 0 bridgehead atoms. The Labute approximate surface area is 179 Å². The van der Waals surface area contributed by atoms with E-state index in [1.165, 1.54) is 0 Å². The number of carbonyl (C=O) groups excluding carboxylic acids is 3. The molecule has 0 radical (unpaired) electrons. The fourth-order valence-corrected chi connectivity index (χ4v) is 2.54. The van der Waals surface area contributed by atoms with Gasteiger partial charge in [-0.1, -0.05) is 13.8 Å². The van der Waals surface area contributed by atoms with Crippen LogP contribution in [0.4, 0.5) is 0 Å². The third-order valence-electron chi connectivity index (χ3n) is 4.20. The zero-order chi connectivity index (χ0) is 24.3. The number of hydrogen-bond donors (Lipinski definition) is 8. The second kappa shape index (κ2) is 13.5. The summed E-state index contributed by atoms with van der Waals surface area (Å²) in [5, 5.41) is 43.3. The summed E-state index contributed by atoms with van der Waals surface area (Å²) in [5.41, 5.74) is 5.73. The van der Waals surface area contributed by atoms with Crippen LogP contribution < -0.4 is 21.7 Å². The molecule has 0 aromatic rings. The molecule has 0 aliphatic carbocycles. The lowest BCUT2D eigenvalue weighted by atomic mass is 10.0. The molecule has 0 heterocycles. The van der Waals surface area contributed by atoms with Crippen LogP contribution in [0.15, 0.2) is 0 Å². The Morgan fingerprint density at radius 2 is 1.39 bits per heavy atom. The summed E-state index contributed by atoms with van der Waals surface area (Å²) in [6, 6.07) is -5.60. The lowest BCUT2D eigenvalue weighted by Crippen LogP contribution is -2.59. The number of aliphatic hydroxyl groups is 2. The van der Waals surface area contributed by atoms with Crippen molar-refractivity contribution >= 4 is 29.7 Å². The van der Waals surface area contributed by atoms with Gasteiger partial charge in [-0.05, 0) is 25.7 Å². The van der Waals surface area contributed by atoms with Crippen LogP contribution in [0.2, 0.25) is 0 Å². The lowest BCUT2D eigenvalue weighted by molar-refractivity contribution is -0.145. The normalized spacial score (nSPS) is 15.8. The van der Waals surface area contributed by atoms with E-state index in [4.69, 9.17) is 15.9 Å². The van der Waals surface area contributed by atoms with Crippen LogP contribution in [0, 0.1) is 5.92 Å². The van der Waals surface area contributed by atoms with Crippen LogP contribution in [0.3, 0.4) is 0 Å². The number of carbonyl (C=O) groups is 5. The average Bonchev–Trinajstić information content (AvgIpc) is 2.65. The number of aliphatic carboxylic acids is 2. The Morgan fingerprint density at radius 3 is 1.81 bits per heavy atom. The van der Waals surface area contributed by atoms with Crippen molar-refractivity contribution in [3.63, 3.8) is 0 Å². The monoisotopic (exact) mass is 448 g/mol. The van der Waals surface area contributed by atoms with E-state index in [0.29, 0.717) is 6.42 Å². The highest BCUT2D eigenvalue weighted by molar-refractivity contribution is 5.94. The van der Waals surface area contributed by atoms with Crippen LogP contribution in [0.25, 0.3) is 0 Å². The van der Waals surface area contributed by atoms with Gasteiger partial charge in [0.05, 0.1) is 18.8 Å². The number of nitrogens with two attached hydrogens (primary N) is 1. The molecule has 0 aromatic heterocycles. The predicted octanol–water partition coefficient (Wildman–Crippen LogP) is -2.86. The van der Waals surface area contributed by atoms with Crippen molar-refractivity contribution in [2.75, 3.05) is 6.61 Å². The van der Waals surface area contributed by atoms with E-state index in [1.807, 2.05) is 19.2 Å². The maximum absolute atomic E-state index is 12.4. The van der Waals surface area contributed by atoms with Gasteiger partial charge in [-0.3, -0.25) is 19.2 Å². The second-order valence-corrected chi connectivity index (χ2v) is 7.54. The van der Waals surface area contributed by atoms with E-state index in [-0.39, 0.29) is 5.92 Å². The van der Waals surface area contributed by atoms with Gasteiger partial charge in [0.15, 0.2) is 6.04 Å². The minimum Gasteiger partial charge on any atom is -0.481 e. The quantitative estimate of drug-likeness (QED) is 0.135. The first kappa shape index (κ1) is 28.2. The van der Waals surface area contributed by atoms with Crippen molar-refractivity contribution in [1.82, 2.24) is 16.0 Å². The average molecular weight is 448 g/mol. The molecule has 0 saturated carbocycles. The van der Waals surface area contributed by atoms with E-state index in [1.54, 1.807) is 0 Å². The number of aliphatic hydroxyl groups excluding tert-OH is 2. The number of carboxylic acid groups (broad SMARTS) is 2. The Kier molecular flexibility index (Phi) is 12.3. The maximum atomic E-state index is 12.4. The zero-order valence-corrected chi connectivity index (χ0v) is 17.7. The summed E-state index contributed by atoms with van der Waals surface area (Å²) in [6.45, 7) is 3.98. The predicted molar refractivity (Wildman–Crippen MR) is 106 cm³/mol. The van der Waals surface area contributed by atoms with E-state index >= 15 is 0 Å². The smallest absolute Gasteiger partial charge is 0.328 e. The topological polar surface area (TPSA) is 228 Å². The van der Waals surface area contributed by atoms with Gasteiger partial charge < -0.3 is 42.1 Å². The number of rotatable bonds is 14. The molecule has 178 valence electrons. The van der Waals surface area contributed by atoms with Gasteiger partial charge in [0.25, 0.3) is 0 Å². The van der Waals surface area contributed by atoms with Crippen LogP contribution in [0.5, 0.6) is 0 Å². The Bertz CT molecular complexity index is 654. The van der Waals surface area contributed by atoms with Gasteiger partial charge in [0.2, 0.25) is 17.7 Å². The summed E-state index contributed by atoms with van der Waals surface area (Å²) in [7, 11) is 0. The molecular formula is C18H32N4O9. The van der Waals surface area contributed by atoms with Gasteiger partial charge >= 0.3 is 11.9 Å². The van der Waals surface area contributed by atoms with Gasteiger partial charge in [-0.2, -0.15) is 0 Å². The Morgan fingerprint density at radius 1 is 0.871 bits per heavy atom. The molecule has 13 nitrogen and oxygen atoms in total. The Hall–Kier alpha value is -2.77. The summed E-state index contributed by atoms with van der Waals surface area (Å²) in [6.07, 6.45) is -2.09. The summed E-state index contributed by atoms with van der Waals surface area (Å²) >= 11 is 0. The van der Waals surface area contributed by atoms with Crippen molar-refractivity contribution in [2.24, 2.45) is 11.7 Å². The molecule has 31 heavy (non-hydrogen) atoms. The van der Waals surface area contributed by atoms with Crippen molar-refractivity contribution in [3.8, 4) is 0 Å². The molecule has 0 aromatic carbocycles. The van der Waals surface area contributed by atoms with Crippen LogP contribution in [-0.2, 0) is 24.0 Å². The number of hydrogen-bond acceptors (Lipinski definition) is 8. The first-order chi connectivity index (χ1) is 14.3. The van der Waals surface area contributed by atoms with E-state index in [9.17, 15) is 34.2 Å². The van der Waals surface area contributed by atoms with Crippen molar-refractivity contribution in [1.29, 1.82) is 0 Å². The minimum atomic E-state index is -1.70. The molecule has 9 N–H and O–H groups in total. The first-order valence-electron chi connectivity index (χ1n) is 9.70. The zero-order valence-electron chi connectivity index (χ0n) is 17.7. The molecule has 0 saturated heterocycles. The molecule has 0 fully saturated rings. The standard InChI is InChI=1S/C18H32N4O9/c1-8(2)6-10(19)15(27)21-12(7-23)17(29)20-11(4-5-13(25)26)16(28)22-14(9(3)24)18(30)31/h8-12,14,23-24H,4-7,19H2,1-3H3,(H,20,29)(H,21,27)(H,22,28)(H,25,26)(H,30,31). The molecule has 5 unspecified atom stereocenters. The number of amides is 3. The van der Waals surface area contributed by atoms with E-state index in [0.717, 1.165) is 6.92 Å². The van der Waals surface area contributed by atoms with Crippen molar-refractivity contribution < 1.29 is 44.4 Å². The van der Waals surface area contributed by atoms with Crippen LogP contribution >= 0.6 is 0 Å². The van der Waals surface area contributed by atoms with Crippen LogP contribution in [-0.4, -0.2) is 87.0 Å². The molecule has 0 spiro atoms. The van der Waals surface area contributed by atoms with Crippen LogP contribution in [0.1, 0.15) is 40.0 Å². The molecule has 3 amide bonds. The summed E-state index contributed by atoms with van der Waals surface area (Å²) in [4.78, 5) is 59.0. The molecular weight excluding hydrogens is 416 g/mol. The highest BCUT2D eigenvalue weighted by atomic mass is 16.4.